The number of nitro groups is 2. The molecular weight excluding hydrogens is 518 g/mol. The second kappa shape index (κ2) is 10.3. The van der Waals surface area contributed by atoms with Crippen LogP contribution in [0.3, 0.4) is 0 Å². The molecule has 0 radical (unpaired) electrons. The van der Waals surface area contributed by atoms with Gasteiger partial charge in [-0.15, -0.1) is 0 Å². The first-order valence-electron chi connectivity index (χ1n) is 11.4. The van der Waals surface area contributed by atoms with Gasteiger partial charge in [0.25, 0.3) is 11.4 Å². The quantitative estimate of drug-likeness (QED) is 0.162. The number of nitrogens with zero attached hydrogens (tertiary/aromatic N) is 3. The van der Waals surface area contributed by atoms with Crippen molar-refractivity contribution in [3.05, 3.63) is 97.2 Å². The maximum Gasteiger partial charge on any atom is 0.346 e. The van der Waals surface area contributed by atoms with Crippen LogP contribution in [0.15, 0.2) is 80.8 Å². The van der Waals surface area contributed by atoms with E-state index < -0.39 is 47.4 Å². The van der Waals surface area contributed by atoms with Gasteiger partial charge in [-0.1, -0.05) is 12.1 Å². The van der Waals surface area contributed by atoms with Crippen LogP contribution < -0.4 is 14.5 Å². The molecular formula is C25H21N3O9S. The molecule has 0 saturated carbocycles. The monoisotopic (exact) mass is 539 g/mol. The predicted octanol–water partition coefficient (Wildman–Crippen LogP) is 4.89. The minimum Gasteiger partial charge on any atom is -0.452 e. The van der Waals surface area contributed by atoms with E-state index in [0.29, 0.717) is 17.7 Å². The fourth-order valence-electron chi connectivity index (χ4n) is 3.93. The van der Waals surface area contributed by atoms with Crippen LogP contribution in [-0.4, -0.2) is 31.4 Å². The lowest BCUT2D eigenvalue weighted by Crippen LogP contribution is -2.21. The van der Waals surface area contributed by atoms with E-state index in [1.54, 1.807) is 36.4 Å². The number of rotatable bonds is 9. The highest BCUT2D eigenvalue weighted by Gasteiger charge is 2.33. The highest BCUT2D eigenvalue weighted by molar-refractivity contribution is 7.87. The molecule has 196 valence electrons. The first-order chi connectivity index (χ1) is 18.1. The topological polar surface area (TPSA) is 163 Å². The highest BCUT2D eigenvalue weighted by atomic mass is 32.2. The molecule has 1 heterocycles. The Morgan fingerprint density at radius 2 is 1.58 bits per heavy atom. The third-order valence-electron chi connectivity index (χ3n) is 5.83. The van der Waals surface area contributed by atoms with Gasteiger partial charge < -0.3 is 13.5 Å². The SMILES string of the molecule is CCN(CC)c1ccc(-c2oc3ccccc3c(=O)c2OS(=O)(=O)c2ccc([N+](=O)[O-])cc2[N+](=O)[O-])cc1. The van der Waals surface area contributed by atoms with Gasteiger partial charge in [0.15, 0.2) is 10.7 Å². The van der Waals surface area contributed by atoms with Crippen LogP contribution in [0, 0.1) is 20.2 Å². The number of hydrogen-bond acceptors (Lipinski definition) is 10. The summed E-state index contributed by atoms with van der Waals surface area (Å²) in [6, 6.07) is 14.9. The average Bonchev–Trinajstić information content (AvgIpc) is 2.91. The van der Waals surface area contributed by atoms with Gasteiger partial charge in [-0.05, 0) is 56.3 Å². The van der Waals surface area contributed by atoms with E-state index in [0.717, 1.165) is 24.8 Å². The van der Waals surface area contributed by atoms with Crippen LogP contribution in [0.1, 0.15) is 13.8 Å². The molecule has 0 fully saturated rings. The lowest BCUT2D eigenvalue weighted by molar-refractivity contribution is -0.396. The molecule has 0 atom stereocenters. The van der Waals surface area contributed by atoms with Crippen molar-refractivity contribution in [2.75, 3.05) is 18.0 Å². The molecule has 0 aliphatic carbocycles. The Morgan fingerprint density at radius 3 is 2.18 bits per heavy atom. The van der Waals surface area contributed by atoms with Crippen molar-refractivity contribution in [2.24, 2.45) is 0 Å². The number of nitro benzene ring substituents is 2. The van der Waals surface area contributed by atoms with E-state index >= 15 is 0 Å². The maximum absolute atomic E-state index is 13.4. The molecule has 0 unspecified atom stereocenters. The molecule has 4 aromatic rings. The fourth-order valence-corrected chi connectivity index (χ4v) is 5.02. The lowest BCUT2D eigenvalue weighted by Gasteiger charge is -2.21. The normalized spacial score (nSPS) is 11.3. The smallest absolute Gasteiger partial charge is 0.346 e. The summed E-state index contributed by atoms with van der Waals surface area (Å²) in [7, 11) is -5.02. The average molecular weight is 540 g/mol. The molecule has 38 heavy (non-hydrogen) atoms. The van der Waals surface area contributed by atoms with Gasteiger partial charge in [0.05, 0.1) is 21.3 Å². The summed E-state index contributed by atoms with van der Waals surface area (Å²) in [5.74, 6) is -0.903. The zero-order valence-electron chi connectivity index (χ0n) is 20.2. The molecule has 12 nitrogen and oxygen atoms in total. The number of benzene rings is 3. The molecule has 0 saturated heterocycles. The molecule has 13 heteroatoms. The zero-order chi connectivity index (χ0) is 27.6. The molecule has 3 aromatic carbocycles. The van der Waals surface area contributed by atoms with Crippen LogP contribution >= 0.6 is 0 Å². The van der Waals surface area contributed by atoms with Crippen molar-refractivity contribution in [3.8, 4) is 17.1 Å². The second-order valence-corrected chi connectivity index (χ2v) is 9.52. The second-order valence-electron chi connectivity index (χ2n) is 8.01. The first kappa shape index (κ1) is 26.3. The van der Waals surface area contributed by atoms with E-state index in [9.17, 15) is 33.4 Å². The van der Waals surface area contributed by atoms with Crippen molar-refractivity contribution in [2.45, 2.75) is 18.7 Å². The van der Waals surface area contributed by atoms with Gasteiger partial charge in [0.2, 0.25) is 11.2 Å². The standard InChI is InChI=1S/C25H21N3O9S/c1-3-26(4-2)17-11-9-16(10-12-17)24-25(23(29)19-7-5-6-8-21(19)36-24)37-38(34,35)22-14-13-18(27(30)31)15-20(22)28(32)33/h5-15H,3-4H2,1-2H3. The summed E-state index contributed by atoms with van der Waals surface area (Å²) in [6.45, 7) is 5.49. The summed E-state index contributed by atoms with van der Waals surface area (Å²) in [5, 5.41) is 22.6. The van der Waals surface area contributed by atoms with E-state index in [1.807, 2.05) is 13.8 Å². The predicted molar refractivity (Wildman–Crippen MR) is 139 cm³/mol. The van der Waals surface area contributed by atoms with E-state index in [1.165, 1.54) is 12.1 Å². The molecule has 0 aliphatic heterocycles. The Balaban J connectivity index is 1.90. The largest absolute Gasteiger partial charge is 0.452 e. The molecule has 1 aromatic heterocycles. The van der Waals surface area contributed by atoms with E-state index in [4.69, 9.17) is 8.60 Å². The Kier molecular flexibility index (Phi) is 7.12. The third-order valence-corrected chi connectivity index (χ3v) is 7.10. The van der Waals surface area contributed by atoms with Crippen LogP contribution in [0.25, 0.3) is 22.3 Å². The van der Waals surface area contributed by atoms with Crippen molar-refractivity contribution < 1.29 is 26.9 Å². The summed E-state index contributed by atoms with van der Waals surface area (Å²) < 4.78 is 37.5. The van der Waals surface area contributed by atoms with Gasteiger partial charge in [0.1, 0.15) is 5.58 Å². The number of fused-ring (bicyclic) bond motifs is 1. The maximum atomic E-state index is 13.4. The van der Waals surface area contributed by atoms with Gasteiger partial charge in [-0.3, -0.25) is 25.0 Å². The van der Waals surface area contributed by atoms with Crippen LogP contribution in [-0.2, 0) is 10.1 Å². The Hall–Kier alpha value is -4.78. The van der Waals surface area contributed by atoms with Gasteiger partial charge >= 0.3 is 10.1 Å². The number of non-ortho nitro benzene ring substituents is 1. The van der Waals surface area contributed by atoms with Crippen LogP contribution in [0.5, 0.6) is 5.75 Å². The van der Waals surface area contributed by atoms with Gasteiger partial charge in [-0.25, -0.2) is 0 Å². The van der Waals surface area contributed by atoms with Gasteiger partial charge in [0, 0.05) is 30.4 Å². The Labute approximate surface area is 216 Å². The Bertz CT molecular complexity index is 1710. The summed E-state index contributed by atoms with van der Waals surface area (Å²) in [4.78, 5) is 35.1. The molecule has 0 N–H and O–H groups in total. The third kappa shape index (κ3) is 4.91. The van der Waals surface area contributed by atoms with Crippen molar-refractivity contribution in [1.29, 1.82) is 0 Å². The summed E-state index contributed by atoms with van der Waals surface area (Å²) >= 11 is 0. The fraction of sp³-hybridized carbons (Fsp3) is 0.160. The molecule has 0 amide bonds. The van der Waals surface area contributed by atoms with E-state index in [-0.39, 0.29) is 16.7 Å². The van der Waals surface area contributed by atoms with Crippen LogP contribution in [0.4, 0.5) is 17.1 Å². The minimum absolute atomic E-state index is 0.0272. The number of hydrogen-bond donors (Lipinski definition) is 0. The molecule has 0 aliphatic rings. The Morgan fingerprint density at radius 1 is 0.921 bits per heavy atom. The van der Waals surface area contributed by atoms with E-state index in [2.05, 4.69) is 4.90 Å². The summed E-state index contributed by atoms with van der Waals surface area (Å²) in [5.41, 5.74) is -1.19. The van der Waals surface area contributed by atoms with Crippen molar-refractivity contribution in [3.63, 3.8) is 0 Å². The minimum atomic E-state index is -5.02. The molecule has 0 spiro atoms. The zero-order valence-corrected chi connectivity index (χ0v) is 21.0. The van der Waals surface area contributed by atoms with Crippen LogP contribution in [0.2, 0.25) is 0 Å². The summed E-state index contributed by atoms with van der Waals surface area (Å²) in [6.07, 6.45) is 0. The lowest BCUT2D eigenvalue weighted by atomic mass is 10.1. The number of anilines is 1. The van der Waals surface area contributed by atoms with Crippen molar-refractivity contribution in [1.82, 2.24) is 0 Å². The first-order valence-corrected chi connectivity index (χ1v) is 12.8. The van der Waals surface area contributed by atoms with Gasteiger partial charge in [-0.2, -0.15) is 8.42 Å². The number of para-hydroxylation sites is 1. The highest BCUT2D eigenvalue weighted by Crippen LogP contribution is 2.35. The van der Waals surface area contributed by atoms with Crippen molar-refractivity contribution >= 4 is 38.1 Å². The molecule has 0 bridgehead atoms. The molecule has 4 rings (SSSR count).